The van der Waals surface area contributed by atoms with Crippen molar-refractivity contribution in [3.8, 4) is 0 Å². The lowest BCUT2D eigenvalue weighted by atomic mass is 9.90. The zero-order valence-corrected chi connectivity index (χ0v) is 16.6. The van der Waals surface area contributed by atoms with E-state index in [1.165, 1.54) is 5.56 Å². The van der Waals surface area contributed by atoms with Gasteiger partial charge in [-0.3, -0.25) is 9.80 Å². The van der Waals surface area contributed by atoms with Crippen LogP contribution in [0.4, 0.5) is 0 Å². The summed E-state index contributed by atoms with van der Waals surface area (Å²) in [4.78, 5) is 5.27. The first-order valence-corrected chi connectivity index (χ1v) is 9.84. The molecule has 142 valence electrons. The Morgan fingerprint density at radius 1 is 1.28 bits per heavy atom. The van der Waals surface area contributed by atoms with E-state index in [0.717, 1.165) is 45.5 Å². The van der Waals surface area contributed by atoms with Crippen molar-refractivity contribution in [3.05, 3.63) is 35.9 Å². The maximum atomic E-state index is 6.40. The molecule has 0 saturated carbocycles. The number of nitrogens with two attached hydrogens (primary N) is 1. The van der Waals surface area contributed by atoms with E-state index in [9.17, 15) is 0 Å². The Balaban J connectivity index is 2.19. The van der Waals surface area contributed by atoms with Crippen molar-refractivity contribution < 1.29 is 4.74 Å². The molecule has 2 N–H and O–H groups in total. The number of methoxy groups -OCH3 is 1. The highest BCUT2D eigenvalue weighted by atomic mass is 16.5. The van der Waals surface area contributed by atoms with Gasteiger partial charge in [0.25, 0.3) is 0 Å². The zero-order valence-electron chi connectivity index (χ0n) is 16.6. The Kier molecular flexibility index (Phi) is 7.88. The van der Waals surface area contributed by atoms with Gasteiger partial charge in [0, 0.05) is 50.9 Å². The zero-order chi connectivity index (χ0) is 18.3. The molecule has 2 unspecified atom stereocenters. The first-order valence-electron chi connectivity index (χ1n) is 9.84. The van der Waals surface area contributed by atoms with Crippen LogP contribution in [0.15, 0.2) is 30.3 Å². The molecule has 1 saturated heterocycles. The van der Waals surface area contributed by atoms with E-state index in [4.69, 9.17) is 10.5 Å². The molecular weight excluding hydrogens is 310 g/mol. The molecule has 2 rings (SSSR count). The molecule has 4 nitrogen and oxygen atoms in total. The van der Waals surface area contributed by atoms with Gasteiger partial charge in [-0.2, -0.15) is 0 Å². The molecule has 1 aromatic rings. The van der Waals surface area contributed by atoms with E-state index >= 15 is 0 Å². The van der Waals surface area contributed by atoms with Gasteiger partial charge in [-0.05, 0) is 31.7 Å². The fraction of sp³-hybridized carbons (Fsp3) is 0.714. The summed E-state index contributed by atoms with van der Waals surface area (Å²) in [5.74, 6) is 0. The van der Waals surface area contributed by atoms with Gasteiger partial charge in [-0.1, -0.05) is 44.2 Å². The van der Waals surface area contributed by atoms with Gasteiger partial charge in [0.15, 0.2) is 0 Å². The molecule has 0 bridgehead atoms. The predicted octanol–water partition coefficient (Wildman–Crippen LogP) is 3.12. The summed E-state index contributed by atoms with van der Waals surface area (Å²) in [7, 11) is 1.79. The van der Waals surface area contributed by atoms with Crippen LogP contribution in [-0.4, -0.2) is 60.8 Å². The van der Waals surface area contributed by atoms with Crippen molar-refractivity contribution in [1.29, 1.82) is 0 Å². The molecule has 0 spiro atoms. The van der Waals surface area contributed by atoms with Crippen molar-refractivity contribution >= 4 is 0 Å². The first-order chi connectivity index (χ1) is 12.1. The maximum absolute atomic E-state index is 6.40. The van der Waals surface area contributed by atoms with Crippen molar-refractivity contribution in [2.75, 3.05) is 33.4 Å². The second-order valence-electron chi connectivity index (χ2n) is 7.53. The summed E-state index contributed by atoms with van der Waals surface area (Å²) < 4.78 is 5.41. The van der Waals surface area contributed by atoms with Gasteiger partial charge in [0.2, 0.25) is 0 Å². The van der Waals surface area contributed by atoms with Gasteiger partial charge < -0.3 is 10.5 Å². The van der Waals surface area contributed by atoms with Crippen molar-refractivity contribution in [1.82, 2.24) is 9.80 Å². The number of ether oxygens (including phenoxy) is 1. The molecular formula is C21H37N3O. The molecule has 4 heteroatoms. The quantitative estimate of drug-likeness (QED) is 0.706. The third-order valence-electron chi connectivity index (χ3n) is 5.93. The molecule has 25 heavy (non-hydrogen) atoms. The van der Waals surface area contributed by atoms with Gasteiger partial charge in [-0.15, -0.1) is 0 Å². The number of rotatable bonds is 10. The van der Waals surface area contributed by atoms with Crippen molar-refractivity contribution in [2.45, 2.75) is 64.2 Å². The lowest BCUT2D eigenvalue weighted by Crippen LogP contribution is -2.60. The Morgan fingerprint density at radius 3 is 2.52 bits per heavy atom. The number of nitrogens with zero attached hydrogens (tertiary/aromatic N) is 2. The average molecular weight is 348 g/mol. The van der Waals surface area contributed by atoms with Crippen LogP contribution in [-0.2, 0) is 11.3 Å². The third-order valence-corrected chi connectivity index (χ3v) is 5.93. The Bertz CT molecular complexity index is 491. The molecule has 0 aliphatic carbocycles. The van der Waals surface area contributed by atoms with Crippen molar-refractivity contribution in [2.24, 2.45) is 5.73 Å². The molecule has 1 aliphatic rings. The highest BCUT2D eigenvalue weighted by Gasteiger charge is 2.46. The summed E-state index contributed by atoms with van der Waals surface area (Å²) >= 11 is 0. The van der Waals surface area contributed by atoms with Crippen LogP contribution in [0, 0.1) is 0 Å². The van der Waals surface area contributed by atoms with Crippen LogP contribution >= 0.6 is 0 Å². The molecule has 1 heterocycles. The standard InChI is InChI=1S/C21H37N3O/c1-5-20(6-2)24(12-13-25-4)21(16-22)14-18(3)23(17-21)15-19-10-8-7-9-11-19/h7-11,18,20H,5-6,12-17,22H2,1-4H3. The highest BCUT2D eigenvalue weighted by molar-refractivity contribution is 5.16. The fourth-order valence-corrected chi connectivity index (χ4v) is 4.51. The van der Waals surface area contributed by atoms with Crippen LogP contribution in [0.25, 0.3) is 0 Å². The lowest BCUT2D eigenvalue weighted by Gasteiger charge is -2.45. The van der Waals surface area contributed by atoms with E-state index in [1.807, 2.05) is 0 Å². The smallest absolute Gasteiger partial charge is 0.0590 e. The van der Waals surface area contributed by atoms with Gasteiger partial charge in [-0.25, -0.2) is 0 Å². The third kappa shape index (κ3) is 4.82. The normalized spacial score (nSPS) is 24.5. The van der Waals surface area contributed by atoms with E-state index in [-0.39, 0.29) is 5.54 Å². The SMILES string of the molecule is CCC(CC)N(CCOC)C1(CN)CC(C)N(Cc2ccccc2)C1. The molecule has 0 aromatic heterocycles. The largest absolute Gasteiger partial charge is 0.383 e. The van der Waals surface area contributed by atoms with Crippen LogP contribution in [0.2, 0.25) is 0 Å². The number of hydrogen-bond donors (Lipinski definition) is 1. The van der Waals surface area contributed by atoms with E-state index in [2.05, 4.69) is 60.9 Å². The van der Waals surface area contributed by atoms with Crippen molar-refractivity contribution in [3.63, 3.8) is 0 Å². The van der Waals surface area contributed by atoms with E-state index in [1.54, 1.807) is 7.11 Å². The second kappa shape index (κ2) is 9.67. The highest BCUT2D eigenvalue weighted by Crippen LogP contribution is 2.35. The molecule has 1 aromatic carbocycles. The Morgan fingerprint density at radius 2 is 1.96 bits per heavy atom. The average Bonchev–Trinajstić information content (AvgIpc) is 2.96. The topological polar surface area (TPSA) is 41.7 Å². The van der Waals surface area contributed by atoms with Gasteiger partial charge in [0.05, 0.1) is 6.61 Å². The molecule has 0 amide bonds. The summed E-state index contributed by atoms with van der Waals surface area (Å²) in [5.41, 5.74) is 7.84. The Labute approximate surface area is 154 Å². The van der Waals surface area contributed by atoms with E-state index < -0.39 is 0 Å². The Hall–Kier alpha value is -0.940. The molecule has 2 atom stereocenters. The predicted molar refractivity (Wildman–Crippen MR) is 106 cm³/mol. The number of hydrogen-bond acceptors (Lipinski definition) is 4. The maximum Gasteiger partial charge on any atom is 0.0590 e. The van der Waals surface area contributed by atoms with Crippen LogP contribution in [0.3, 0.4) is 0 Å². The minimum absolute atomic E-state index is 0.0589. The molecule has 1 fully saturated rings. The first kappa shape index (κ1) is 20.4. The number of benzene rings is 1. The minimum Gasteiger partial charge on any atom is -0.383 e. The molecule has 1 aliphatic heterocycles. The monoisotopic (exact) mass is 347 g/mol. The lowest BCUT2D eigenvalue weighted by molar-refractivity contribution is 0.0236. The summed E-state index contributed by atoms with van der Waals surface area (Å²) in [6.45, 7) is 11.4. The second-order valence-corrected chi connectivity index (χ2v) is 7.53. The summed E-state index contributed by atoms with van der Waals surface area (Å²) in [5, 5.41) is 0. The van der Waals surface area contributed by atoms with Gasteiger partial charge >= 0.3 is 0 Å². The van der Waals surface area contributed by atoms with Gasteiger partial charge in [0.1, 0.15) is 0 Å². The summed E-state index contributed by atoms with van der Waals surface area (Å²) in [6, 6.07) is 11.9. The van der Waals surface area contributed by atoms with Crippen LogP contribution in [0.5, 0.6) is 0 Å². The number of likely N-dealkylation sites (tertiary alicyclic amines) is 1. The van der Waals surface area contributed by atoms with E-state index in [0.29, 0.717) is 18.6 Å². The van der Waals surface area contributed by atoms with Crippen LogP contribution in [0.1, 0.15) is 45.6 Å². The van der Waals surface area contributed by atoms with Crippen LogP contribution < -0.4 is 5.73 Å². The molecule has 0 radical (unpaired) electrons. The summed E-state index contributed by atoms with van der Waals surface area (Å²) in [6.07, 6.45) is 3.46. The fourth-order valence-electron chi connectivity index (χ4n) is 4.51. The minimum atomic E-state index is 0.0589.